The maximum Gasteiger partial charge on any atom is 0.231 e. The first-order chi connectivity index (χ1) is 10.2. The van der Waals surface area contributed by atoms with Gasteiger partial charge in [0.1, 0.15) is 6.07 Å². The van der Waals surface area contributed by atoms with Crippen molar-refractivity contribution in [2.75, 3.05) is 12.1 Å². The second kappa shape index (κ2) is 5.84. The Balaban J connectivity index is 1.78. The van der Waals surface area contributed by atoms with Crippen LogP contribution in [0.4, 0.5) is 5.69 Å². The van der Waals surface area contributed by atoms with E-state index in [1.54, 1.807) is 12.1 Å². The predicted octanol–water partition coefficient (Wildman–Crippen LogP) is 4.31. The van der Waals surface area contributed by atoms with Gasteiger partial charge in [-0.05, 0) is 35.9 Å². The summed E-state index contributed by atoms with van der Waals surface area (Å²) in [5, 5.41) is 12.7. The Hall–Kier alpha value is -1.90. The van der Waals surface area contributed by atoms with E-state index in [0.29, 0.717) is 17.1 Å². The topological polar surface area (TPSA) is 54.3 Å². The molecule has 3 rings (SSSR count). The van der Waals surface area contributed by atoms with Gasteiger partial charge >= 0.3 is 0 Å². The van der Waals surface area contributed by atoms with Crippen LogP contribution in [0.3, 0.4) is 0 Å². The van der Waals surface area contributed by atoms with Crippen molar-refractivity contribution in [2.24, 2.45) is 0 Å². The van der Waals surface area contributed by atoms with Crippen LogP contribution in [0.15, 0.2) is 34.8 Å². The molecule has 0 saturated heterocycles. The third-order valence-corrected chi connectivity index (χ3v) is 4.18. The van der Waals surface area contributed by atoms with Crippen LogP contribution in [0.5, 0.6) is 11.5 Å². The van der Waals surface area contributed by atoms with E-state index in [-0.39, 0.29) is 6.79 Å². The monoisotopic (exact) mass is 364 g/mol. The lowest BCUT2D eigenvalue weighted by Crippen LogP contribution is -2.00. The Morgan fingerprint density at radius 2 is 2.00 bits per heavy atom. The number of anilines is 1. The van der Waals surface area contributed by atoms with E-state index < -0.39 is 0 Å². The van der Waals surface area contributed by atoms with Gasteiger partial charge in [-0.25, -0.2) is 0 Å². The van der Waals surface area contributed by atoms with E-state index in [0.717, 1.165) is 27.2 Å². The van der Waals surface area contributed by atoms with E-state index in [4.69, 9.17) is 26.3 Å². The fraction of sp³-hybridized carbons (Fsp3) is 0.133. The van der Waals surface area contributed by atoms with E-state index in [9.17, 15) is 0 Å². The first-order valence-electron chi connectivity index (χ1n) is 6.19. The third kappa shape index (κ3) is 2.92. The molecule has 21 heavy (non-hydrogen) atoms. The van der Waals surface area contributed by atoms with Crippen LogP contribution in [0.2, 0.25) is 5.02 Å². The number of nitrogens with one attached hydrogen (secondary N) is 1. The molecular formula is C15H10BrClN2O2. The zero-order valence-electron chi connectivity index (χ0n) is 10.8. The second-order valence-electron chi connectivity index (χ2n) is 4.46. The van der Waals surface area contributed by atoms with Crippen molar-refractivity contribution >= 4 is 33.2 Å². The predicted molar refractivity (Wildman–Crippen MR) is 83.8 cm³/mol. The number of hydrogen-bond acceptors (Lipinski definition) is 4. The molecule has 4 nitrogen and oxygen atoms in total. The van der Waals surface area contributed by atoms with Crippen LogP contribution in [0.1, 0.15) is 11.1 Å². The van der Waals surface area contributed by atoms with Crippen LogP contribution >= 0.6 is 27.5 Å². The number of nitrogens with zero attached hydrogens (tertiary/aromatic N) is 1. The SMILES string of the molecule is N#Cc1cc(NCc2cc3c(cc2Br)OCO3)ccc1Cl. The molecule has 0 radical (unpaired) electrons. The molecule has 1 heterocycles. The summed E-state index contributed by atoms with van der Waals surface area (Å²) in [5.74, 6) is 1.48. The highest BCUT2D eigenvalue weighted by atomic mass is 79.9. The van der Waals surface area contributed by atoms with Gasteiger partial charge in [-0.2, -0.15) is 5.26 Å². The molecule has 1 N–H and O–H groups in total. The van der Waals surface area contributed by atoms with E-state index in [1.165, 1.54) is 0 Å². The number of benzene rings is 2. The quantitative estimate of drug-likeness (QED) is 0.880. The summed E-state index contributed by atoms with van der Waals surface area (Å²) >= 11 is 9.43. The highest BCUT2D eigenvalue weighted by molar-refractivity contribution is 9.10. The fourth-order valence-electron chi connectivity index (χ4n) is 2.01. The Kier molecular flexibility index (Phi) is 3.91. The molecule has 0 saturated carbocycles. The molecule has 0 spiro atoms. The summed E-state index contributed by atoms with van der Waals surface area (Å²) in [7, 11) is 0. The van der Waals surface area contributed by atoms with Gasteiger partial charge in [-0.3, -0.25) is 0 Å². The Morgan fingerprint density at radius 3 is 2.76 bits per heavy atom. The molecule has 1 aliphatic rings. The van der Waals surface area contributed by atoms with Gasteiger partial charge in [0.15, 0.2) is 11.5 Å². The van der Waals surface area contributed by atoms with Crippen molar-refractivity contribution in [1.82, 2.24) is 0 Å². The summed E-state index contributed by atoms with van der Waals surface area (Å²) in [4.78, 5) is 0. The van der Waals surface area contributed by atoms with Crippen molar-refractivity contribution in [3.05, 3.63) is 51.0 Å². The van der Waals surface area contributed by atoms with Crippen molar-refractivity contribution in [2.45, 2.75) is 6.54 Å². The molecule has 0 unspecified atom stereocenters. The number of fused-ring (bicyclic) bond motifs is 1. The van der Waals surface area contributed by atoms with E-state index >= 15 is 0 Å². The largest absolute Gasteiger partial charge is 0.454 e. The maximum absolute atomic E-state index is 8.98. The molecule has 0 amide bonds. The lowest BCUT2D eigenvalue weighted by atomic mass is 10.1. The number of hydrogen-bond donors (Lipinski definition) is 1. The van der Waals surface area contributed by atoms with Crippen molar-refractivity contribution in [3.8, 4) is 17.6 Å². The number of nitriles is 1. The molecule has 1 aliphatic heterocycles. The highest BCUT2D eigenvalue weighted by Crippen LogP contribution is 2.37. The van der Waals surface area contributed by atoms with Gasteiger partial charge in [-0.15, -0.1) is 0 Å². The third-order valence-electron chi connectivity index (χ3n) is 3.11. The normalized spacial score (nSPS) is 12.0. The van der Waals surface area contributed by atoms with Crippen molar-refractivity contribution in [3.63, 3.8) is 0 Å². The average molecular weight is 366 g/mol. The van der Waals surface area contributed by atoms with Crippen LogP contribution in [-0.2, 0) is 6.54 Å². The molecular weight excluding hydrogens is 356 g/mol. The summed E-state index contributed by atoms with van der Waals surface area (Å²) in [6, 6.07) is 11.2. The molecule has 0 fully saturated rings. The zero-order chi connectivity index (χ0) is 14.8. The standard InChI is InChI=1S/C15H10BrClN2O2/c16-12-5-15-14(20-8-21-15)4-10(12)7-19-11-1-2-13(17)9(3-11)6-18/h1-5,19H,7-8H2. The molecule has 0 aromatic heterocycles. The fourth-order valence-corrected chi connectivity index (χ4v) is 2.64. The number of rotatable bonds is 3. The zero-order valence-corrected chi connectivity index (χ0v) is 13.2. The van der Waals surface area contributed by atoms with E-state index in [2.05, 4.69) is 27.3 Å². The Labute approximate surface area is 135 Å². The number of ether oxygens (including phenoxy) is 2. The minimum atomic E-state index is 0.251. The van der Waals surface area contributed by atoms with Gasteiger partial charge in [0.25, 0.3) is 0 Å². The molecule has 2 aromatic rings. The molecule has 0 aliphatic carbocycles. The summed E-state index contributed by atoms with van der Waals surface area (Å²) < 4.78 is 11.6. The van der Waals surface area contributed by atoms with Gasteiger partial charge < -0.3 is 14.8 Å². The molecule has 0 atom stereocenters. The van der Waals surface area contributed by atoms with Crippen LogP contribution in [0.25, 0.3) is 0 Å². The Bertz CT molecular complexity index is 743. The van der Waals surface area contributed by atoms with Crippen molar-refractivity contribution < 1.29 is 9.47 Å². The molecule has 0 bridgehead atoms. The van der Waals surface area contributed by atoms with Gasteiger partial charge in [0.2, 0.25) is 6.79 Å². The highest BCUT2D eigenvalue weighted by Gasteiger charge is 2.16. The smallest absolute Gasteiger partial charge is 0.231 e. The Morgan fingerprint density at radius 1 is 1.24 bits per heavy atom. The summed E-state index contributed by atoms with van der Waals surface area (Å²) in [5.41, 5.74) is 2.32. The van der Waals surface area contributed by atoms with Crippen LogP contribution < -0.4 is 14.8 Å². The first kappa shape index (κ1) is 14.1. The van der Waals surface area contributed by atoms with Crippen molar-refractivity contribution in [1.29, 1.82) is 5.26 Å². The second-order valence-corrected chi connectivity index (χ2v) is 5.72. The van der Waals surface area contributed by atoms with E-state index in [1.807, 2.05) is 18.2 Å². The van der Waals surface area contributed by atoms with Gasteiger partial charge in [0.05, 0.1) is 10.6 Å². The number of halogens is 2. The molecule has 106 valence electrons. The summed E-state index contributed by atoms with van der Waals surface area (Å²) in [6.45, 7) is 0.838. The van der Waals surface area contributed by atoms with Crippen LogP contribution in [0, 0.1) is 11.3 Å². The molecule has 2 aromatic carbocycles. The van der Waals surface area contributed by atoms with Gasteiger partial charge in [-0.1, -0.05) is 27.5 Å². The average Bonchev–Trinajstić information content (AvgIpc) is 2.93. The first-order valence-corrected chi connectivity index (χ1v) is 7.36. The lowest BCUT2D eigenvalue weighted by molar-refractivity contribution is 0.174. The minimum absolute atomic E-state index is 0.251. The molecule has 6 heteroatoms. The lowest BCUT2D eigenvalue weighted by Gasteiger charge is -2.10. The van der Waals surface area contributed by atoms with Gasteiger partial charge in [0, 0.05) is 16.7 Å². The minimum Gasteiger partial charge on any atom is -0.454 e. The maximum atomic E-state index is 8.98. The summed E-state index contributed by atoms with van der Waals surface area (Å²) in [6.07, 6.45) is 0. The van der Waals surface area contributed by atoms with Crippen LogP contribution in [-0.4, -0.2) is 6.79 Å².